The predicted molar refractivity (Wildman–Crippen MR) is 99.4 cm³/mol. The summed E-state index contributed by atoms with van der Waals surface area (Å²) < 4.78 is 42.7. The number of aromatic nitrogens is 2. The van der Waals surface area contributed by atoms with Gasteiger partial charge in [0.05, 0.1) is 24.3 Å². The Bertz CT molecular complexity index is 745. The number of anilines is 1. The summed E-state index contributed by atoms with van der Waals surface area (Å²) in [6.45, 7) is 1.15. The molecule has 0 saturated heterocycles. The first-order valence-electron chi connectivity index (χ1n) is 8.02. The first kappa shape index (κ1) is 20.7. The zero-order valence-corrected chi connectivity index (χ0v) is 16.0. The van der Waals surface area contributed by atoms with E-state index in [4.69, 9.17) is 4.74 Å². The zero-order chi connectivity index (χ0) is 19.9. The zero-order valence-electron chi connectivity index (χ0n) is 15.2. The fourth-order valence-corrected chi connectivity index (χ4v) is 2.69. The van der Waals surface area contributed by atoms with Gasteiger partial charge in [-0.25, -0.2) is 9.97 Å². The molecular weight excluding hydrogens is 381 g/mol. The van der Waals surface area contributed by atoms with Crippen molar-refractivity contribution in [1.29, 1.82) is 0 Å². The second kappa shape index (κ2) is 9.40. The second-order valence-electron chi connectivity index (χ2n) is 5.60. The van der Waals surface area contributed by atoms with Gasteiger partial charge in [-0.3, -0.25) is 4.99 Å². The van der Waals surface area contributed by atoms with Crippen molar-refractivity contribution in [3.05, 3.63) is 35.0 Å². The van der Waals surface area contributed by atoms with Crippen LogP contribution in [0, 0.1) is 0 Å². The Hall–Kier alpha value is -2.56. The van der Waals surface area contributed by atoms with Crippen LogP contribution < -0.4 is 20.3 Å². The molecule has 148 valence electrons. The van der Waals surface area contributed by atoms with E-state index in [-0.39, 0.29) is 12.5 Å². The maximum Gasteiger partial charge on any atom is 0.417 e. The van der Waals surface area contributed by atoms with E-state index in [9.17, 15) is 13.2 Å². The molecular formula is C16H21F3N6OS. The van der Waals surface area contributed by atoms with Gasteiger partial charge in [-0.15, -0.1) is 11.3 Å². The molecule has 11 heteroatoms. The summed E-state index contributed by atoms with van der Waals surface area (Å²) >= 11 is 1.56. The van der Waals surface area contributed by atoms with Crippen molar-refractivity contribution in [2.45, 2.75) is 12.7 Å². The molecule has 0 spiro atoms. The summed E-state index contributed by atoms with van der Waals surface area (Å²) in [5.74, 6) is 0.699. The molecule has 2 rings (SSSR count). The van der Waals surface area contributed by atoms with Crippen molar-refractivity contribution in [1.82, 2.24) is 20.6 Å². The lowest BCUT2D eigenvalue weighted by Crippen LogP contribution is -2.39. The summed E-state index contributed by atoms with van der Waals surface area (Å²) in [5.41, 5.74) is 0.0916. The van der Waals surface area contributed by atoms with Crippen molar-refractivity contribution in [2.75, 3.05) is 39.2 Å². The topological polar surface area (TPSA) is 74.7 Å². The number of halogens is 3. The molecule has 0 aliphatic carbocycles. The normalized spacial score (nSPS) is 12.0. The van der Waals surface area contributed by atoms with E-state index in [2.05, 4.69) is 25.6 Å². The fourth-order valence-electron chi connectivity index (χ4n) is 1.94. The number of nitrogens with one attached hydrogen (secondary N) is 2. The number of aliphatic imine (C=N–C) groups is 1. The van der Waals surface area contributed by atoms with E-state index >= 15 is 0 Å². The van der Waals surface area contributed by atoms with Crippen LogP contribution in [-0.4, -0.2) is 50.2 Å². The van der Waals surface area contributed by atoms with Gasteiger partial charge >= 0.3 is 6.18 Å². The third-order valence-corrected chi connectivity index (χ3v) is 4.35. The molecule has 27 heavy (non-hydrogen) atoms. The number of pyridine rings is 1. The van der Waals surface area contributed by atoms with Crippen LogP contribution in [0.5, 0.6) is 5.88 Å². The van der Waals surface area contributed by atoms with Crippen molar-refractivity contribution >= 4 is 22.4 Å². The molecule has 0 unspecified atom stereocenters. The number of thiazole rings is 1. The van der Waals surface area contributed by atoms with Crippen LogP contribution in [0.15, 0.2) is 28.7 Å². The molecule has 0 bridgehead atoms. The minimum absolute atomic E-state index is 0.131. The highest BCUT2D eigenvalue weighted by Crippen LogP contribution is 2.29. The Morgan fingerprint density at radius 1 is 1.30 bits per heavy atom. The van der Waals surface area contributed by atoms with Crippen LogP contribution in [0.4, 0.5) is 18.3 Å². The Labute approximate surface area is 159 Å². The van der Waals surface area contributed by atoms with Crippen LogP contribution in [0.1, 0.15) is 11.3 Å². The van der Waals surface area contributed by atoms with Crippen LogP contribution in [0.2, 0.25) is 0 Å². The molecule has 2 aromatic rings. The minimum atomic E-state index is -4.41. The van der Waals surface area contributed by atoms with Gasteiger partial charge in [-0.05, 0) is 6.07 Å². The van der Waals surface area contributed by atoms with Crippen LogP contribution in [0.25, 0.3) is 0 Å². The monoisotopic (exact) mass is 402 g/mol. The van der Waals surface area contributed by atoms with Crippen molar-refractivity contribution < 1.29 is 17.9 Å². The Balaban J connectivity index is 1.71. The Morgan fingerprint density at radius 3 is 2.63 bits per heavy atom. The van der Waals surface area contributed by atoms with Gasteiger partial charge in [0.1, 0.15) is 6.61 Å². The van der Waals surface area contributed by atoms with E-state index in [1.54, 1.807) is 18.4 Å². The smallest absolute Gasteiger partial charge is 0.417 e. The molecule has 2 heterocycles. The minimum Gasteiger partial charge on any atom is -0.476 e. The molecule has 0 atom stereocenters. The van der Waals surface area contributed by atoms with Gasteiger partial charge < -0.3 is 20.3 Å². The highest BCUT2D eigenvalue weighted by Gasteiger charge is 2.30. The number of nitrogens with zero attached hydrogens (tertiary/aromatic N) is 4. The molecule has 2 aromatic heterocycles. The van der Waals surface area contributed by atoms with Crippen LogP contribution in [0.3, 0.4) is 0 Å². The van der Waals surface area contributed by atoms with E-state index in [1.165, 1.54) is 6.07 Å². The quantitative estimate of drug-likeness (QED) is 0.421. The lowest BCUT2D eigenvalue weighted by Gasteiger charge is -2.12. The third-order valence-electron chi connectivity index (χ3n) is 3.29. The number of alkyl halides is 3. The first-order chi connectivity index (χ1) is 12.8. The largest absolute Gasteiger partial charge is 0.476 e. The number of ether oxygens (including phenoxy) is 1. The summed E-state index contributed by atoms with van der Waals surface area (Å²) in [7, 11) is 5.50. The first-order valence-corrected chi connectivity index (χ1v) is 8.90. The van der Waals surface area contributed by atoms with Gasteiger partial charge in [0.15, 0.2) is 11.1 Å². The average Bonchev–Trinajstić information content (AvgIpc) is 3.10. The molecule has 0 aromatic carbocycles. The maximum atomic E-state index is 12.5. The van der Waals surface area contributed by atoms with E-state index in [0.717, 1.165) is 23.1 Å². The molecule has 7 nitrogen and oxygen atoms in total. The molecule has 0 fully saturated rings. The van der Waals surface area contributed by atoms with Crippen molar-refractivity contribution in [3.63, 3.8) is 0 Å². The van der Waals surface area contributed by atoms with E-state index in [0.29, 0.717) is 19.0 Å². The van der Waals surface area contributed by atoms with Gasteiger partial charge in [-0.1, -0.05) is 0 Å². The molecule has 0 amide bonds. The van der Waals surface area contributed by atoms with Gasteiger partial charge in [0, 0.05) is 38.8 Å². The van der Waals surface area contributed by atoms with Gasteiger partial charge in [0.25, 0.3) is 0 Å². The summed E-state index contributed by atoms with van der Waals surface area (Å²) in [6, 6.07) is 2.13. The van der Waals surface area contributed by atoms with Crippen molar-refractivity contribution in [3.8, 4) is 5.88 Å². The Kier molecular flexibility index (Phi) is 7.22. The summed E-state index contributed by atoms with van der Waals surface area (Å²) in [5, 5.41) is 9.07. The third kappa shape index (κ3) is 6.59. The standard InChI is InChI=1S/C16H21F3N6OS/c1-20-14(23-9-12-10-27-15(24-12)25(2)3)21-6-7-26-13-5-4-11(8-22-13)16(17,18)19/h4-5,8,10H,6-7,9H2,1-3H3,(H2,20,21,23). The number of guanidine groups is 1. The molecule has 0 aliphatic rings. The number of rotatable bonds is 7. The average molecular weight is 402 g/mol. The lowest BCUT2D eigenvalue weighted by atomic mass is 10.3. The van der Waals surface area contributed by atoms with Gasteiger partial charge in [0.2, 0.25) is 5.88 Å². The van der Waals surface area contributed by atoms with Gasteiger partial charge in [-0.2, -0.15) is 13.2 Å². The number of hydrogen-bond acceptors (Lipinski definition) is 6. The maximum absolute atomic E-state index is 12.5. The molecule has 0 radical (unpaired) electrons. The SMILES string of the molecule is CN=C(NCCOc1ccc(C(F)(F)F)cn1)NCc1csc(N(C)C)n1. The summed E-state index contributed by atoms with van der Waals surface area (Å²) in [4.78, 5) is 14.1. The molecule has 2 N–H and O–H groups in total. The van der Waals surface area contributed by atoms with Crippen molar-refractivity contribution in [2.24, 2.45) is 4.99 Å². The summed E-state index contributed by atoms with van der Waals surface area (Å²) in [6.07, 6.45) is -3.66. The van der Waals surface area contributed by atoms with E-state index in [1.807, 2.05) is 24.4 Å². The fraction of sp³-hybridized carbons (Fsp3) is 0.438. The lowest BCUT2D eigenvalue weighted by molar-refractivity contribution is -0.137. The van der Waals surface area contributed by atoms with Crippen LogP contribution >= 0.6 is 11.3 Å². The van der Waals surface area contributed by atoms with Crippen LogP contribution in [-0.2, 0) is 12.7 Å². The second-order valence-corrected chi connectivity index (χ2v) is 6.44. The Morgan fingerprint density at radius 2 is 2.07 bits per heavy atom. The highest BCUT2D eigenvalue weighted by atomic mass is 32.1. The molecule has 0 saturated carbocycles. The highest BCUT2D eigenvalue weighted by molar-refractivity contribution is 7.13. The predicted octanol–water partition coefficient (Wildman–Crippen LogP) is 2.37. The van der Waals surface area contributed by atoms with E-state index < -0.39 is 11.7 Å². The molecule has 0 aliphatic heterocycles. The number of hydrogen-bond donors (Lipinski definition) is 2.